The Labute approximate surface area is 82.1 Å². The number of likely N-dealkylation sites (N-methyl/N-ethyl adjacent to an activating group) is 1. The lowest BCUT2D eigenvalue weighted by atomic mass is 10.2. The second kappa shape index (κ2) is 3.59. The minimum Gasteiger partial charge on any atom is -0.370 e. The van der Waals surface area contributed by atoms with Crippen molar-refractivity contribution in [2.45, 2.75) is 25.4 Å². The monoisotopic (exact) mass is 198 g/mol. The van der Waals surface area contributed by atoms with Crippen molar-refractivity contribution < 1.29 is 0 Å². The highest BCUT2D eigenvalue weighted by atomic mass is 32.1. The van der Waals surface area contributed by atoms with Crippen LogP contribution in [0.5, 0.6) is 0 Å². The Morgan fingerprint density at radius 3 is 3.08 bits per heavy atom. The molecule has 0 saturated carbocycles. The van der Waals surface area contributed by atoms with Gasteiger partial charge in [0.2, 0.25) is 0 Å². The van der Waals surface area contributed by atoms with E-state index in [-0.39, 0.29) is 0 Å². The van der Waals surface area contributed by atoms with E-state index in [4.69, 9.17) is 0 Å². The van der Waals surface area contributed by atoms with Crippen LogP contribution in [0.2, 0.25) is 0 Å². The summed E-state index contributed by atoms with van der Waals surface area (Å²) in [5.41, 5.74) is 0. The van der Waals surface area contributed by atoms with Gasteiger partial charge in [0.1, 0.15) is 5.00 Å². The fourth-order valence-electron chi connectivity index (χ4n) is 1.73. The zero-order chi connectivity index (χ0) is 9.26. The third-order valence-corrected chi connectivity index (χ3v) is 3.19. The largest absolute Gasteiger partial charge is 0.370 e. The number of hydrogen-bond acceptors (Lipinski definition) is 5. The van der Waals surface area contributed by atoms with Crippen LogP contribution >= 0.6 is 11.5 Å². The van der Waals surface area contributed by atoms with Crippen LogP contribution in [-0.2, 0) is 0 Å². The summed E-state index contributed by atoms with van der Waals surface area (Å²) in [5.74, 6) is 0. The molecule has 0 bridgehead atoms. The topological polar surface area (TPSA) is 41.1 Å². The summed E-state index contributed by atoms with van der Waals surface area (Å²) in [6.45, 7) is 3.37. The molecule has 4 nitrogen and oxygen atoms in total. The Morgan fingerprint density at radius 1 is 1.69 bits per heavy atom. The van der Waals surface area contributed by atoms with Crippen LogP contribution in [0.25, 0.3) is 0 Å². The predicted octanol–water partition coefficient (Wildman–Crippen LogP) is 1.04. The molecule has 1 aromatic heterocycles. The van der Waals surface area contributed by atoms with Crippen LogP contribution in [0.15, 0.2) is 6.20 Å². The van der Waals surface area contributed by atoms with Crippen LogP contribution in [0, 0.1) is 0 Å². The quantitative estimate of drug-likeness (QED) is 0.771. The normalized spacial score (nSPS) is 29.4. The van der Waals surface area contributed by atoms with Crippen LogP contribution in [0.1, 0.15) is 13.3 Å². The summed E-state index contributed by atoms with van der Waals surface area (Å²) in [6.07, 6.45) is 2.99. The van der Waals surface area contributed by atoms with Crippen LogP contribution in [0.3, 0.4) is 0 Å². The Hall–Kier alpha value is -0.680. The molecule has 0 amide bonds. The van der Waals surface area contributed by atoms with Crippen molar-refractivity contribution in [3.63, 3.8) is 0 Å². The molecule has 2 rings (SSSR count). The third-order valence-electron chi connectivity index (χ3n) is 2.59. The van der Waals surface area contributed by atoms with E-state index in [1.54, 1.807) is 6.20 Å². The van der Waals surface area contributed by atoms with Gasteiger partial charge in [-0.25, -0.2) is 0 Å². The molecule has 2 atom stereocenters. The molecule has 2 heterocycles. The molecule has 0 spiro atoms. The molecule has 1 fully saturated rings. The minimum absolute atomic E-state index is 0.558. The fraction of sp³-hybridized carbons (Fsp3) is 0.750. The standard InChI is InChI=1S/C8H14N4S/c1-6-3-7(5-12(6)2)10-8-4-9-11-13-8/h4,6-7,10H,3,5H2,1-2H3. The van der Waals surface area contributed by atoms with E-state index in [1.165, 1.54) is 18.0 Å². The highest BCUT2D eigenvalue weighted by Crippen LogP contribution is 2.20. The smallest absolute Gasteiger partial charge is 0.130 e. The summed E-state index contributed by atoms with van der Waals surface area (Å²) in [4.78, 5) is 2.37. The van der Waals surface area contributed by atoms with Crippen molar-refractivity contribution in [3.05, 3.63) is 6.20 Å². The lowest BCUT2D eigenvalue weighted by Gasteiger charge is -2.12. The summed E-state index contributed by atoms with van der Waals surface area (Å²) in [6, 6.07) is 1.24. The number of nitrogens with zero attached hydrogens (tertiary/aromatic N) is 3. The second-order valence-electron chi connectivity index (χ2n) is 3.65. The molecular weight excluding hydrogens is 184 g/mol. The van der Waals surface area contributed by atoms with Crippen molar-refractivity contribution in [2.75, 3.05) is 18.9 Å². The third kappa shape index (κ3) is 1.97. The van der Waals surface area contributed by atoms with Gasteiger partial charge >= 0.3 is 0 Å². The van der Waals surface area contributed by atoms with Crippen molar-refractivity contribution >= 4 is 16.5 Å². The van der Waals surface area contributed by atoms with Gasteiger partial charge in [-0.2, -0.15) is 0 Å². The first kappa shape index (κ1) is 8.90. The molecular formula is C8H14N4S. The van der Waals surface area contributed by atoms with Gasteiger partial charge in [-0.05, 0) is 20.4 Å². The number of aromatic nitrogens is 2. The zero-order valence-corrected chi connectivity index (χ0v) is 8.71. The van der Waals surface area contributed by atoms with Crippen LogP contribution < -0.4 is 5.32 Å². The average Bonchev–Trinajstić information content (AvgIpc) is 2.64. The van der Waals surface area contributed by atoms with Gasteiger partial charge in [-0.1, -0.05) is 4.49 Å². The highest BCUT2D eigenvalue weighted by molar-refractivity contribution is 7.09. The summed E-state index contributed by atoms with van der Waals surface area (Å²) in [7, 11) is 2.16. The van der Waals surface area contributed by atoms with Gasteiger partial charge in [0.15, 0.2) is 0 Å². The lowest BCUT2D eigenvalue weighted by molar-refractivity contribution is 0.330. The van der Waals surface area contributed by atoms with E-state index >= 15 is 0 Å². The molecule has 0 radical (unpaired) electrons. The Morgan fingerprint density at radius 2 is 2.54 bits per heavy atom. The van der Waals surface area contributed by atoms with Gasteiger partial charge in [-0.15, -0.1) is 5.10 Å². The van der Waals surface area contributed by atoms with Gasteiger partial charge < -0.3 is 10.2 Å². The van der Waals surface area contributed by atoms with Crippen molar-refractivity contribution in [3.8, 4) is 0 Å². The summed E-state index contributed by atoms with van der Waals surface area (Å²) in [5, 5.41) is 8.30. The molecule has 5 heteroatoms. The summed E-state index contributed by atoms with van der Waals surface area (Å²) >= 11 is 1.42. The van der Waals surface area contributed by atoms with E-state index in [0.29, 0.717) is 12.1 Å². The lowest BCUT2D eigenvalue weighted by Crippen LogP contribution is -2.24. The average molecular weight is 198 g/mol. The number of hydrogen-bond donors (Lipinski definition) is 1. The zero-order valence-electron chi connectivity index (χ0n) is 7.90. The SMILES string of the molecule is CC1CC(Nc2cnns2)CN1C. The number of anilines is 1. The first-order valence-electron chi connectivity index (χ1n) is 4.50. The Bertz CT molecular complexity index is 251. The first-order valence-corrected chi connectivity index (χ1v) is 5.27. The molecule has 1 aliphatic rings. The predicted molar refractivity (Wildman–Crippen MR) is 54.0 cm³/mol. The van der Waals surface area contributed by atoms with Crippen LogP contribution in [-0.4, -0.2) is 40.2 Å². The molecule has 2 unspecified atom stereocenters. The maximum Gasteiger partial charge on any atom is 0.130 e. The Kier molecular flexibility index (Phi) is 2.46. The van der Waals surface area contributed by atoms with E-state index in [0.717, 1.165) is 11.5 Å². The molecule has 1 aliphatic heterocycles. The second-order valence-corrected chi connectivity index (χ2v) is 4.43. The van der Waals surface area contributed by atoms with E-state index < -0.39 is 0 Å². The molecule has 0 aromatic carbocycles. The maximum atomic E-state index is 3.82. The van der Waals surface area contributed by atoms with Gasteiger partial charge in [0, 0.05) is 30.2 Å². The Balaban J connectivity index is 1.91. The molecule has 1 aromatic rings. The molecule has 72 valence electrons. The van der Waals surface area contributed by atoms with Gasteiger partial charge in [0.25, 0.3) is 0 Å². The van der Waals surface area contributed by atoms with E-state index in [9.17, 15) is 0 Å². The van der Waals surface area contributed by atoms with Crippen LogP contribution in [0.4, 0.5) is 5.00 Å². The fourth-order valence-corrected chi connectivity index (χ4v) is 2.23. The highest BCUT2D eigenvalue weighted by Gasteiger charge is 2.25. The number of nitrogens with one attached hydrogen (secondary N) is 1. The number of rotatable bonds is 2. The molecule has 13 heavy (non-hydrogen) atoms. The summed E-state index contributed by atoms with van der Waals surface area (Å²) < 4.78 is 3.82. The van der Waals surface area contributed by atoms with Crippen molar-refractivity contribution in [1.82, 2.24) is 14.5 Å². The maximum absolute atomic E-state index is 3.82. The van der Waals surface area contributed by atoms with Crippen molar-refractivity contribution in [2.24, 2.45) is 0 Å². The van der Waals surface area contributed by atoms with Gasteiger partial charge in [-0.3, -0.25) is 0 Å². The molecule has 1 saturated heterocycles. The molecule has 1 N–H and O–H groups in total. The molecule has 0 aliphatic carbocycles. The van der Waals surface area contributed by atoms with Crippen molar-refractivity contribution in [1.29, 1.82) is 0 Å². The van der Waals surface area contributed by atoms with E-state index in [2.05, 4.69) is 33.8 Å². The number of likely N-dealkylation sites (tertiary alicyclic amines) is 1. The van der Waals surface area contributed by atoms with E-state index in [1.807, 2.05) is 0 Å². The first-order chi connectivity index (χ1) is 6.25. The van der Waals surface area contributed by atoms with Gasteiger partial charge in [0.05, 0.1) is 6.20 Å². The minimum atomic E-state index is 0.558.